The van der Waals surface area contributed by atoms with Crippen molar-refractivity contribution in [3.8, 4) is 11.1 Å². The molecule has 0 spiro atoms. The van der Waals surface area contributed by atoms with Crippen LogP contribution in [-0.4, -0.2) is 5.71 Å². The molecule has 0 heterocycles. The van der Waals surface area contributed by atoms with Crippen molar-refractivity contribution in [1.29, 1.82) is 5.41 Å². The van der Waals surface area contributed by atoms with Gasteiger partial charge in [-0.25, -0.2) is 0 Å². The molecule has 0 saturated heterocycles. The molecule has 5 N–H and O–H groups in total. The second-order valence-electron chi connectivity index (χ2n) is 5.24. The van der Waals surface area contributed by atoms with Gasteiger partial charge in [0.25, 0.3) is 0 Å². The number of hydrogen-bond donors (Lipinski definition) is 3. The Balaban J connectivity index is 0.00000192. The van der Waals surface area contributed by atoms with Crippen molar-refractivity contribution in [1.82, 2.24) is 0 Å². The third-order valence-corrected chi connectivity index (χ3v) is 3.53. The first kappa shape index (κ1) is 16.6. The van der Waals surface area contributed by atoms with Crippen LogP contribution in [0.15, 0.2) is 72.3 Å². The zero-order valence-electron chi connectivity index (χ0n) is 12.5. The summed E-state index contributed by atoms with van der Waals surface area (Å²) in [6.07, 6.45) is 9.53. The normalized spacial score (nSPS) is 12.9. The van der Waals surface area contributed by atoms with Gasteiger partial charge in [0.15, 0.2) is 0 Å². The predicted molar refractivity (Wildman–Crippen MR) is 102 cm³/mol. The maximum absolute atomic E-state index is 7.55. The Morgan fingerprint density at radius 1 is 0.783 bits per heavy atom. The van der Waals surface area contributed by atoms with Gasteiger partial charge in [-0.05, 0) is 64.8 Å². The molecular weight excluding hydrogens is 306 g/mol. The summed E-state index contributed by atoms with van der Waals surface area (Å²) >= 11 is 0. The average Bonchev–Trinajstić information content (AvgIpc) is 2.52. The number of benzene rings is 2. The van der Waals surface area contributed by atoms with Crippen LogP contribution in [0.5, 0.6) is 0 Å². The lowest BCUT2D eigenvalue weighted by molar-refractivity contribution is 1.51. The Bertz CT molecular complexity index is 797. The predicted octanol–water partition coefficient (Wildman–Crippen LogP) is 4.47. The standard InChI is InChI=1S/C19H17N3.ClH/c20-16-6-1-13(2-7-16)11-15-5-10-18(22)12-19(15)14-3-8-17(21)9-4-14;/h1-12,20H,21-22H2;1H. The quantitative estimate of drug-likeness (QED) is 0.713. The number of rotatable bonds is 2. The minimum Gasteiger partial charge on any atom is -0.399 e. The first-order valence-electron chi connectivity index (χ1n) is 7.04. The molecule has 4 heteroatoms. The fourth-order valence-electron chi connectivity index (χ4n) is 2.37. The fraction of sp³-hybridized carbons (Fsp3) is 0. The van der Waals surface area contributed by atoms with E-state index in [1.165, 1.54) is 0 Å². The number of nitrogens with one attached hydrogen (secondary N) is 1. The number of nitrogen functional groups attached to an aromatic ring is 2. The van der Waals surface area contributed by atoms with Gasteiger partial charge in [-0.3, -0.25) is 0 Å². The smallest absolute Gasteiger partial charge is 0.0540 e. The molecule has 3 rings (SSSR count). The molecule has 116 valence electrons. The summed E-state index contributed by atoms with van der Waals surface area (Å²) < 4.78 is 0. The van der Waals surface area contributed by atoms with E-state index < -0.39 is 0 Å². The van der Waals surface area contributed by atoms with Crippen LogP contribution in [0.25, 0.3) is 17.2 Å². The molecule has 0 bridgehead atoms. The highest BCUT2D eigenvalue weighted by Gasteiger charge is 2.05. The Morgan fingerprint density at radius 3 is 2.04 bits per heavy atom. The van der Waals surface area contributed by atoms with E-state index >= 15 is 0 Å². The molecule has 1 aliphatic rings. The summed E-state index contributed by atoms with van der Waals surface area (Å²) in [5.74, 6) is 0. The van der Waals surface area contributed by atoms with Crippen molar-refractivity contribution in [3.63, 3.8) is 0 Å². The molecule has 0 unspecified atom stereocenters. The van der Waals surface area contributed by atoms with Crippen LogP contribution in [0, 0.1) is 5.41 Å². The molecular formula is C19H18ClN3. The minimum absolute atomic E-state index is 0. The topological polar surface area (TPSA) is 75.9 Å². The van der Waals surface area contributed by atoms with Crippen LogP contribution in [0.1, 0.15) is 5.56 Å². The van der Waals surface area contributed by atoms with E-state index in [4.69, 9.17) is 16.9 Å². The van der Waals surface area contributed by atoms with E-state index in [1.54, 1.807) is 12.2 Å². The second-order valence-corrected chi connectivity index (χ2v) is 5.24. The molecule has 2 aromatic rings. The Morgan fingerprint density at radius 2 is 1.39 bits per heavy atom. The Labute approximate surface area is 141 Å². The highest BCUT2D eigenvalue weighted by Crippen LogP contribution is 2.29. The van der Waals surface area contributed by atoms with Crippen molar-refractivity contribution < 1.29 is 0 Å². The molecule has 1 aliphatic carbocycles. The zero-order chi connectivity index (χ0) is 15.5. The zero-order valence-corrected chi connectivity index (χ0v) is 13.3. The van der Waals surface area contributed by atoms with Crippen molar-refractivity contribution in [2.45, 2.75) is 0 Å². The Kier molecular flexibility index (Phi) is 5.04. The van der Waals surface area contributed by atoms with E-state index in [1.807, 2.05) is 54.6 Å². The van der Waals surface area contributed by atoms with Gasteiger partial charge in [0.05, 0.1) is 5.71 Å². The molecule has 0 aliphatic heterocycles. The van der Waals surface area contributed by atoms with Gasteiger partial charge < -0.3 is 16.9 Å². The van der Waals surface area contributed by atoms with Gasteiger partial charge in [-0.2, -0.15) is 0 Å². The maximum Gasteiger partial charge on any atom is 0.0540 e. The monoisotopic (exact) mass is 323 g/mol. The molecule has 3 nitrogen and oxygen atoms in total. The highest BCUT2D eigenvalue weighted by molar-refractivity contribution is 6.04. The van der Waals surface area contributed by atoms with Crippen LogP contribution in [0.3, 0.4) is 0 Å². The molecule has 0 aromatic heterocycles. The van der Waals surface area contributed by atoms with Crippen LogP contribution in [0.4, 0.5) is 11.4 Å². The van der Waals surface area contributed by atoms with E-state index in [2.05, 4.69) is 6.08 Å². The molecule has 2 aromatic carbocycles. The van der Waals surface area contributed by atoms with Gasteiger partial charge in [0.1, 0.15) is 0 Å². The average molecular weight is 324 g/mol. The first-order valence-corrected chi connectivity index (χ1v) is 7.04. The summed E-state index contributed by atoms with van der Waals surface area (Å²) in [5, 5.41) is 7.55. The van der Waals surface area contributed by atoms with E-state index in [9.17, 15) is 0 Å². The van der Waals surface area contributed by atoms with Gasteiger partial charge in [0.2, 0.25) is 0 Å². The second kappa shape index (κ2) is 6.99. The third kappa shape index (κ3) is 3.90. The molecule has 23 heavy (non-hydrogen) atoms. The van der Waals surface area contributed by atoms with E-state index in [-0.39, 0.29) is 12.4 Å². The lowest BCUT2D eigenvalue weighted by atomic mass is 9.96. The summed E-state index contributed by atoms with van der Waals surface area (Å²) in [6.45, 7) is 0. The van der Waals surface area contributed by atoms with Crippen LogP contribution in [0.2, 0.25) is 0 Å². The fourth-order valence-corrected chi connectivity index (χ4v) is 2.37. The summed E-state index contributed by atoms with van der Waals surface area (Å²) in [4.78, 5) is 0. The first-order chi connectivity index (χ1) is 10.6. The van der Waals surface area contributed by atoms with Gasteiger partial charge in [-0.1, -0.05) is 30.4 Å². The summed E-state index contributed by atoms with van der Waals surface area (Å²) in [6, 6.07) is 13.6. The number of allylic oxidation sites excluding steroid dienone is 5. The SMILES string of the molecule is Cl.N=C1C=CC(=Cc2ccc(N)cc2-c2ccc(N)cc2)C=C1. The van der Waals surface area contributed by atoms with Gasteiger partial charge >= 0.3 is 0 Å². The van der Waals surface area contributed by atoms with Gasteiger partial charge in [0, 0.05) is 11.4 Å². The lowest BCUT2D eigenvalue weighted by Crippen LogP contribution is -1.93. The van der Waals surface area contributed by atoms with Crippen molar-refractivity contribution >= 4 is 35.6 Å². The minimum atomic E-state index is 0. The van der Waals surface area contributed by atoms with Gasteiger partial charge in [-0.15, -0.1) is 12.4 Å². The molecule has 0 saturated carbocycles. The number of halogens is 1. The Hall–Kier alpha value is -2.78. The number of anilines is 2. The van der Waals surface area contributed by atoms with Crippen molar-refractivity contribution in [2.24, 2.45) is 0 Å². The van der Waals surface area contributed by atoms with E-state index in [0.717, 1.165) is 33.6 Å². The molecule has 0 fully saturated rings. The van der Waals surface area contributed by atoms with Crippen molar-refractivity contribution in [3.05, 3.63) is 77.9 Å². The van der Waals surface area contributed by atoms with Crippen LogP contribution < -0.4 is 11.5 Å². The lowest BCUT2D eigenvalue weighted by Gasteiger charge is -2.10. The summed E-state index contributed by atoms with van der Waals surface area (Å²) in [7, 11) is 0. The maximum atomic E-state index is 7.55. The van der Waals surface area contributed by atoms with E-state index in [0.29, 0.717) is 5.71 Å². The summed E-state index contributed by atoms with van der Waals surface area (Å²) in [5.41, 5.74) is 18.0. The van der Waals surface area contributed by atoms with Crippen LogP contribution >= 0.6 is 12.4 Å². The molecule has 0 radical (unpaired) electrons. The highest BCUT2D eigenvalue weighted by atomic mass is 35.5. The van der Waals surface area contributed by atoms with Crippen molar-refractivity contribution in [2.75, 3.05) is 11.5 Å². The van der Waals surface area contributed by atoms with Crippen LogP contribution in [-0.2, 0) is 0 Å². The third-order valence-electron chi connectivity index (χ3n) is 3.53. The largest absolute Gasteiger partial charge is 0.399 e. The number of nitrogens with two attached hydrogens (primary N) is 2. The molecule has 0 amide bonds. The number of hydrogen-bond acceptors (Lipinski definition) is 3. The molecule has 0 atom stereocenters.